The maximum absolute atomic E-state index is 11.5. The number of imidazole rings is 1. The summed E-state index contributed by atoms with van der Waals surface area (Å²) in [5, 5.41) is 23.0. The number of carbonyl (C=O) groups is 1. The summed E-state index contributed by atoms with van der Waals surface area (Å²) in [7, 11) is 0. The van der Waals surface area contributed by atoms with Gasteiger partial charge in [-0.25, -0.2) is 9.78 Å². The van der Waals surface area contributed by atoms with Crippen molar-refractivity contribution in [1.82, 2.24) is 19.6 Å². The summed E-state index contributed by atoms with van der Waals surface area (Å²) in [4.78, 5) is 21.0. The van der Waals surface area contributed by atoms with Gasteiger partial charge < -0.3 is 5.11 Å². The van der Waals surface area contributed by atoms with Gasteiger partial charge in [0.2, 0.25) is 5.16 Å². The molecule has 0 saturated heterocycles. The molecule has 102 valence electrons. The topological polar surface area (TPSA) is 107 Å². The molecule has 1 aliphatic carbocycles. The van der Waals surface area contributed by atoms with Gasteiger partial charge in [-0.15, -0.1) is 5.10 Å². The van der Waals surface area contributed by atoms with Crippen molar-refractivity contribution < 1.29 is 9.90 Å². The van der Waals surface area contributed by atoms with Crippen LogP contribution in [-0.4, -0.2) is 43.1 Å². The van der Waals surface area contributed by atoms with Crippen LogP contribution in [0.3, 0.4) is 0 Å². The molecular formula is C11H10N6O2S. The minimum Gasteiger partial charge on any atom is -0.465 e. The first-order valence-corrected chi connectivity index (χ1v) is 7.10. The van der Waals surface area contributed by atoms with E-state index in [2.05, 4.69) is 15.1 Å². The maximum atomic E-state index is 11.5. The molecule has 0 bridgehead atoms. The van der Waals surface area contributed by atoms with Crippen LogP contribution in [0.25, 0.3) is 5.65 Å². The predicted molar refractivity (Wildman–Crippen MR) is 70.8 cm³/mol. The maximum Gasteiger partial charge on any atom is 0.413 e. The van der Waals surface area contributed by atoms with Crippen LogP contribution in [0.5, 0.6) is 0 Å². The van der Waals surface area contributed by atoms with Crippen LogP contribution in [-0.2, 0) is 0 Å². The molecule has 8 nitrogen and oxygen atoms in total. The number of hydrogen-bond donors (Lipinski definition) is 1. The largest absolute Gasteiger partial charge is 0.465 e. The Morgan fingerprint density at radius 3 is 2.95 bits per heavy atom. The fraction of sp³-hybridized carbons (Fsp3) is 0.364. The van der Waals surface area contributed by atoms with Crippen molar-refractivity contribution in [1.29, 1.82) is 5.26 Å². The zero-order valence-electron chi connectivity index (χ0n) is 10.5. The number of carboxylic acid groups (broad SMARTS) is 1. The first-order valence-electron chi connectivity index (χ1n) is 5.87. The predicted octanol–water partition coefficient (Wildman–Crippen LogP) is 1.36. The van der Waals surface area contributed by atoms with E-state index in [4.69, 9.17) is 5.26 Å². The third kappa shape index (κ3) is 1.94. The molecule has 0 radical (unpaired) electrons. The highest BCUT2D eigenvalue weighted by Gasteiger charge is 2.36. The second-order valence-corrected chi connectivity index (χ2v) is 5.07. The molecule has 9 heteroatoms. The second-order valence-electron chi connectivity index (χ2n) is 4.30. The van der Waals surface area contributed by atoms with Gasteiger partial charge in [0.15, 0.2) is 17.2 Å². The zero-order valence-corrected chi connectivity index (χ0v) is 11.3. The Hall–Kier alpha value is -2.34. The van der Waals surface area contributed by atoms with Crippen molar-refractivity contribution in [3.63, 3.8) is 0 Å². The molecule has 1 amide bonds. The monoisotopic (exact) mass is 290 g/mol. The Kier molecular flexibility index (Phi) is 2.94. The fourth-order valence-electron chi connectivity index (χ4n) is 1.92. The standard InChI is InChI=1S/C11H10N6O2S/c1-20-10-14-9(16(11(18)19)6-2-3-6)8-13-5-7(4-12)17(8)15-10/h5-6H,2-3H2,1H3,(H,18,19). The first kappa shape index (κ1) is 12.7. The number of rotatable bonds is 3. The van der Waals surface area contributed by atoms with Crippen molar-refractivity contribution in [3.05, 3.63) is 11.9 Å². The molecule has 1 saturated carbocycles. The zero-order chi connectivity index (χ0) is 14.3. The molecule has 20 heavy (non-hydrogen) atoms. The molecule has 0 aliphatic heterocycles. The Bertz CT molecular complexity index is 732. The number of thioether (sulfide) groups is 1. The molecular weight excluding hydrogens is 280 g/mol. The van der Waals surface area contributed by atoms with Crippen LogP contribution in [0.1, 0.15) is 18.5 Å². The summed E-state index contributed by atoms with van der Waals surface area (Å²) in [5.41, 5.74) is 0.536. The Labute approximate surface area is 118 Å². The number of amides is 1. The highest BCUT2D eigenvalue weighted by atomic mass is 32.2. The summed E-state index contributed by atoms with van der Waals surface area (Å²) in [6.45, 7) is 0. The smallest absolute Gasteiger partial charge is 0.413 e. The Morgan fingerprint density at radius 2 is 2.40 bits per heavy atom. The lowest BCUT2D eigenvalue weighted by Crippen LogP contribution is -2.33. The van der Waals surface area contributed by atoms with Crippen molar-refractivity contribution in [2.45, 2.75) is 24.0 Å². The van der Waals surface area contributed by atoms with Crippen LogP contribution < -0.4 is 4.90 Å². The molecule has 1 aliphatic rings. The third-order valence-corrected chi connectivity index (χ3v) is 3.51. The molecule has 0 unspecified atom stereocenters. The van der Waals surface area contributed by atoms with Crippen LogP contribution >= 0.6 is 11.8 Å². The number of aromatic nitrogens is 4. The van der Waals surface area contributed by atoms with Crippen molar-refractivity contribution >= 4 is 29.3 Å². The van der Waals surface area contributed by atoms with E-state index >= 15 is 0 Å². The summed E-state index contributed by atoms with van der Waals surface area (Å²) in [5.74, 6) is 0.237. The van der Waals surface area contributed by atoms with E-state index < -0.39 is 6.09 Å². The van der Waals surface area contributed by atoms with E-state index in [-0.39, 0.29) is 23.2 Å². The van der Waals surface area contributed by atoms with Gasteiger partial charge in [0, 0.05) is 6.04 Å². The average Bonchev–Trinajstić information content (AvgIpc) is 3.17. The van der Waals surface area contributed by atoms with E-state index in [1.54, 1.807) is 6.26 Å². The molecule has 0 aromatic carbocycles. The van der Waals surface area contributed by atoms with Crippen LogP contribution in [0, 0.1) is 11.3 Å². The van der Waals surface area contributed by atoms with Crippen LogP contribution in [0.2, 0.25) is 0 Å². The van der Waals surface area contributed by atoms with Crippen molar-refractivity contribution in [2.75, 3.05) is 11.2 Å². The van der Waals surface area contributed by atoms with Gasteiger partial charge >= 0.3 is 6.09 Å². The average molecular weight is 290 g/mol. The Morgan fingerprint density at radius 1 is 1.65 bits per heavy atom. The van der Waals surface area contributed by atoms with Gasteiger partial charge in [-0.3, -0.25) is 4.90 Å². The highest BCUT2D eigenvalue weighted by molar-refractivity contribution is 7.98. The summed E-state index contributed by atoms with van der Waals surface area (Å²) in [6.07, 6.45) is 3.70. The van der Waals surface area contributed by atoms with Crippen molar-refractivity contribution in [3.8, 4) is 6.07 Å². The van der Waals surface area contributed by atoms with E-state index in [1.807, 2.05) is 6.07 Å². The van der Waals surface area contributed by atoms with Crippen LogP contribution in [0.15, 0.2) is 11.4 Å². The van der Waals surface area contributed by atoms with E-state index in [0.29, 0.717) is 5.16 Å². The molecule has 0 spiro atoms. The van der Waals surface area contributed by atoms with Gasteiger partial charge in [0.05, 0.1) is 6.20 Å². The van der Waals surface area contributed by atoms with Gasteiger partial charge in [0.1, 0.15) is 6.07 Å². The molecule has 0 atom stereocenters. The van der Waals surface area contributed by atoms with Gasteiger partial charge in [-0.05, 0) is 19.1 Å². The van der Waals surface area contributed by atoms with Crippen LogP contribution in [0.4, 0.5) is 10.6 Å². The summed E-state index contributed by atoms with van der Waals surface area (Å²) < 4.78 is 1.34. The molecule has 2 aromatic rings. The minimum atomic E-state index is -1.07. The Balaban J connectivity index is 2.25. The quantitative estimate of drug-likeness (QED) is 0.850. The summed E-state index contributed by atoms with van der Waals surface area (Å²) >= 11 is 1.28. The second kappa shape index (κ2) is 4.64. The van der Waals surface area contributed by atoms with Crippen molar-refractivity contribution in [2.24, 2.45) is 0 Å². The van der Waals surface area contributed by atoms with E-state index in [0.717, 1.165) is 12.8 Å². The first-order chi connectivity index (χ1) is 9.65. The lowest BCUT2D eigenvalue weighted by atomic mass is 10.5. The number of fused-ring (bicyclic) bond motifs is 1. The fourth-order valence-corrected chi connectivity index (χ4v) is 2.27. The third-order valence-electron chi connectivity index (χ3n) is 2.97. The van der Waals surface area contributed by atoms with Gasteiger partial charge in [-0.2, -0.15) is 14.8 Å². The minimum absolute atomic E-state index is 0.0665. The number of anilines is 1. The normalized spacial score (nSPS) is 14.2. The number of hydrogen-bond acceptors (Lipinski definition) is 6. The van der Waals surface area contributed by atoms with E-state index in [1.165, 1.54) is 27.4 Å². The van der Waals surface area contributed by atoms with E-state index in [9.17, 15) is 9.90 Å². The highest BCUT2D eigenvalue weighted by Crippen LogP contribution is 2.33. The van der Waals surface area contributed by atoms with Gasteiger partial charge in [0.25, 0.3) is 0 Å². The SMILES string of the molecule is CSc1nc(N(C(=O)O)C2CC2)c2ncc(C#N)n2n1. The number of nitrogens with zero attached hydrogens (tertiary/aromatic N) is 6. The molecule has 1 N–H and O–H groups in total. The summed E-state index contributed by atoms with van der Waals surface area (Å²) in [6, 6.07) is 1.91. The number of nitriles is 1. The molecule has 2 aromatic heterocycles. The lowest BCUT2D eigenvalue weighted by molar-refractivity contribution is 0.201. The molecule has 1 fully saturated rings. The lowest BCUT2D eigenvalue weighted by Gasteiger charge is -2.18. The van der Waals surface area contributed by atoms with Gasteiger partial charge in [-0.1, -0.05) is 11.8 Å². The molecule has 2 heterocycles. The molecule has 3 rings (SSSR count).